The number of imide groups is 1. The first-order valence-corrected chi connectivity index (χ1v) is 9.67. The number of esters is 1. The fourth-order valence-corrected chi connectivity index (χ4v) is 3.28. The Hall–Kier alpha value is -4.46. The second-order valence-electron chi connectivity index (χ2n) is 6.89. The summed E-state index contributed by atoms with van der Waals surface area (Å²) in [5, 5.41) is 2.73. The lowest BCUT2D eigenvalue weighted by Gasteiger charge is -2.15. The smallest absolute Gasteiger partial charge is 0.343 e. The van der Waals surface area contributed by atoms with Crippen molar-refractivity contribution in [2.75, 3.05) is 23.9 Å². The van der Waals surface area contributed by atoms with E-state index in [-0.39, 0.29) is 12.2 Å². The van der Waals surface area contributed by atoms with Gasteiger partial charge >= 0.3 is 5.97 Å². The van der Waals surface area contributed by atoms with Crippen molar-refractivity contribution >= 4 is 35.1 Å². The van der Waals surface area contributed by atoms with E-state index in [9.17, 15) is 19.2 Å². The number of rotatable bonds is 6. The summed E-state index contributed by atoms with van der Waals surface area (Å²) in [6.45, 7) is -0.254. The number of methoxy groups -OCH3 is 1. The van der Waals surface area contributed by atoms with Crippen molar-refractivity contribution in [3.05, 3.63) is 89.5 Å². The molecular formula is C24H18N2O6. The SMILES string of the molecule is COC(=O)COc1cccc(NC(=O)c2cccc(N3C(=O)c4ccccc4C3=O)c2)c1. The van der Waals surface area contributed by atoms with Crippen LogP contribution in [0.3, 0.4) is 0 Å². The van der Waals surface area contributed by atoms with Crippen LogP contribution in [-0.2, 0) is 9.53 Å². The van der Waals surface area contributed by atoms with Gasteiger partial charge in [0.2, 0.25) is 0 Å². The first-order valence-electron chi connectivity index (χ1n) is 9.67. The standard InChI is InChI=1S/C24H18N2O6/c1-31-21(27)14-32-18-9-5-7-16(13-18)25-22(28)15-6-4-8-17(12-15)26-23(29)19-10-2-3-11-20(19)24(26)30/h2-13H,14H2,1H3,(H,25,28). The summed E-state index contributed by atoms with van der Waals surface area (Å²) in [4.78, 5) is 50.5. The van der Waals surface area contributed by atoms with Crippen LogP contribution in [0.5, 0.6) is 5.75 Å². The molecule has 1 N–H and O–H groups in total. The van der Waals surface area contributed by atoms with Gasteiger partial charge in [-0.1, -0.05) is 24.3 Å². The number of ether oxygens (including phenoxy) is 2. The molecule has 1 aliphatic heterocycles. The molecule has 0 unspecified atom stereocenters. The van der Waals surface area contributed by atoms with Gasteiger partial charge in [-0.2, -0.15) is 0 Å². The second kappa shape index (κ2) is 8.73. The van der Waals surface area contributed by atoms with E-state index >= 15 is 0 Å². The summed E-state index contributed by atoms with van der Waals surface area (Å²) in [5.41, 5.74) is 1.68. The minimum Gasteiger partial charge on any atom is -0.482 e. The van der Waals surface area contributed by atoms with Crippen LogP contribution in [0.15, 0.2) is 72.8 Å². The summed E-state index contributed by atoms with van der Waals surface area (Å²) in [6, 6.07) is 19.4. The number of carbonyl (C=O) groups is 4. The zero-order valence-corrected chi connectivity index (χ0v) is 17.0. The van der Waals surface area contributed by atoms with Gasteiger partial charge in [0, 0.05) is 17.3 Å². The van der Waals surface area contributed by atoms with Crippen molar-refractivity contribution in [2.24, 2.45) is 0 Å². The van der Waals surface area contributed by atoms with Crippen LogP contribution in [0.1, 0.15) is 31.1 Å². The maximum Gasteiger partial charge on any atom is 0.343 e. The summed E-state index contributed by atoms with van der Waals surface area (Å²) in [6.07, 6.45) is 0. The largest absolute Gasteiger partial charge is 0.482 e. The Kier molecular flexibility index (Phi) is 5.67. The van der Waals surface area contributed by atoms with E-state index < -0.39 is 23.7 Å². The van der Waals surface area contributed by atoms with Crippen molar-refractivity contribution in [2.45, 2.75) is 0 Å². The quantitative estimate of drug-likeness (QED) is 0.476. The Morgan fingerprint density at radius 2 is 1.56 bits per heavy atom. The van der Waals surface area contributed by atoms with Gasteiger partial charge < -0.3 is 14.8 Å². The molecule has 0 fully saturated rings. The summed E-state index contributed by atoms with van der Waals surface area (Å²) in [5.74, 6) is -1.44. The predicted molar refractivity (Wildman–Crippen MR) is 116 cm³/mol. The zero-order valence-electron chi connectivity index (χ0n) is 17.0. The van der Waals surface area contributed by atoms with E-state index in [2.05, 4.69) is 10.1 Å². The number of amides is 3. The maximum atomic E-state index is 12.8. The number of anilines is 2. The third-order valence-electron chi connectivity index (χ3n) is 4.84. The molecule has 0 aliphatic carbocycles. The molecule has 3 aromatic rings. The molecule has 0 saturated carbocycles. The van der Waals surface area contributed by atoms with Gasteiger partial charge in [-0.3, -0.25) is 14.4 Å². The van der Waals surface area contributed by atoms with E-state index in [4.69, 9.17) is 4.74 Å². The highest BCUT2D eigenvalue weighted by Gasteiger charge is 2.36. The molecule has 0 atom stereocenters. The highest BCUT2D eigenvalue weighted by Crippen LogP contribution is 2.29. The van der Waals surface area contributed by atoms with E-state index in [1.807, 2.05) is 0 Å². The van der Waals surface area contributed by atoms with Gasteiger partial charge in [-0.15, -0.1) is 0 Å². The number of nitrogens with zero attached hydrogens (tertiary/aromatic N) is 1. The minimum atomic E-state index is -0.524. The fraction of sp³-hybridized carbons (Fsp3) is 0.0833. The summed E-state index contributed by atoms with van der Waals surface area (Å²) in [7, 11) is 1.26. The Labute approximate surface area is 183 Å². The minimum absolute atomic E-state index is 0.254. The molecule has 0 saturated heterocycles. The Balaban J connectivity index is 1.51. The van der Waals surface area contributed by atoms with Gasteiger partial charge in [0.1, 0.15) is 5.75 Å². The number of hydrogen-bond acceptors (Lipinski definition) is 6. The lowest BCUT2D eigenvalue weighted by atomic mass is 10.1. The summed E-state index contributed by atoms with van der Waals surface area (Å²) < 4.78 is 9.85. The van der Waals surface area contributed by atoms with Gasteiger partial charge in [-0.25, -0.2) is 9.69 Å². The molecule has 8 heteroatoms. The van der Waals surface area contributed by atoms with Crippen LogP contribution in [0, 0.1) is 0 Å². The lowest BCUT2D eigenvalue weighted by Crippen LogP contribution is -2.29. The van der Waals surface area contributed by atoms with Crippen molar-refractivity contribution in [1.29, 1.82) is 0 Å². The van der Waals surface area contributed by atoms with Gasteiger partial charge in [0.15, 0.2) is 6.61 Å². The number of hydrogen-bond donors (Lipinski definition) is 1. The molecule has 4 rings (SSSR count). The third-order valence-corrected chi connectivity index (χ3v) is 4.84. The first kappa shape index (κ1) is 20.8. The maximum absolute atomic E-state index is 12.8. The molecule has 3 aromatic carbocycles. The average molecular weight is 430 g/mol. The van der Waals surface area contributed by atoms with Crippen molar-refractivity contribution < 1.29 is 28.7 Å². The lowest BCUT2D eigenvalue weighted by molar-refractivity contribution is -0.142. The van der Waals surface area contributed by atoms with E-state index in [0.717, 1.165) is 4.90 Å². The molecule has 0 spiro atoms. The monoisotopic (exact) mass is 430 g/mol. The number of nitrogens with one attached hydrogen (secondary N) is 1. The molecular weight excluding hydrogens is 412 g/mol. The van der Waals surface area contributed by atoms with Crippen LogP contribution in [0.4, 0.5) is 11.4 Å². The van der Waals surface area contributed by atoms with Gasteiger partial charge in [0.25, 0.3) is 17.7 Å². The number of fused-ring (bicyclic) bond motifs is 1. The second-order valence-corrected chi connectivity index (χ2v) is 6.89. The summed E-state index contributed by atoms with van der Waals surface area (Å²) >= 11 is 0. The Bertz CT molecular complexity index is 1200. The molecule has 160 valence electrons. The van der Waals surface area contributed by atoms with E-state index in [0.29, 0.717) is 28.3 Å². The molecule has 32 heavy (non-hydrogen) atoms. The van der Waals surface area contributed by atoms with Crippen LogP contribution >= 0.6 is 0 Å². The Morgan fingerprint density at radius 3 is 2.25 bits per heavy atom. The zero-order chi connectivity index (χ0) is 22.7. The van der Waals surface area contributed by atoms with Gasteiger partial charge in [0.05, 0.1) is 23.9 Å². The van der Waals surface area contributed by atoms with E-state index in [1.54, 1.807) is 66.7 Å². The normalized spacial score (nSPS) is 12.3. The molecule has 1 aliphatic rings. The molecule has 8 nitrogen and oxygen atoms in total. The van der Waals surface area contributed by atoms with Gasteiger partial charge in [-0.05, 0) is 42.5 Å². The highest BCUT2D eigenvalue weighted by atomic mass is 16.6. The van der Waals surface area contributed by atoms with Crippen LogP contribution in [-0.4, -0.2) is 37.4 Å². The number of benzene rings is 3. The van der Waals surface area contributed by atoms with Crippen molar-refractivity contribution in [3.8, 4) is 5.75 Å². The van der Waals surface area contributed by atoms with Crippen LogP contribution in [0.2, 0.25) is 0 Å². The third kappa shape index (κ3) is 4.06. The van der Waals surface area contributed by atoms with E-state index in [1.165, 1.54) is 13.2 Å². The van der Waals surface area contributed by atoms with Crippen LogP contribution in [0.25, 0.3) is 0 Å². The molecule has 1 heterocycles. The highest BCUT2D eigenvalue weighted by molar-refractivity contribution is 6.34. The fourth-order valence-electron chi connectivity index (χ4n) is 3.28. The topological polar surface area (TPSA) is 102 Å². The average Bonchev–Trinajstić information content (AvgIpc) is 3.08. The van der Waals surface area contributed by atoms with Crippen molar-refractivity contribution in [1.82, 2.24) is 0 Å². The molecule has 3 amide bonds. The first-order chi connectivity index (χ1) is 15.5. The van der Waals surface area contributed by atoms with Crippen LogP contribution < -0.4 is 15.0 Å². The van der Waals surface area contributed by atoms with Crippen molar-refractivity contribution in [3.63, 3.8) is 0 Å². The molecule has 0 radical (unpaired) electrons. The molecule has 0 bridgehead atoms. The Morgan fingerprint density at radius 1 is 0.875 bits per heavy atom. The number of carbonyl (C=O) groups excluding carboxylic acids is 4. The molecule has 0 aromatic heterocycles. The predicted octanol–water partition coefficient (Wildman–Crippen LogP) is 3.29.